The molecule has 8 nitrogen and oxygen atoms in total. The van der Waals surface area contributed by atoms with Gasteiger partial charge >= 0.3 is 0 Å². The molecule has 2 saturated heterocycles. The molecule has 4 rings (SSSR count). The number of nitrogens with two attached hydrogens (primary N) is 1. The van der Waals surface area contributed by atoms with Crippen LogP contribution in [-0.2, 0) is 11.2 Å². The lowest BCUT2D eigenvalue weighted by atomic mass is 9.88. The second-order valence-electron chi connectivity index (χ2n) is 8.73. The van der Waals surface area contributed by atoms with E-state index < -0.39 is 0 Å². The highest BCUT2D eigenvalue weighted by atomic mass is 16.5. The van der Waals surface area contributed by atoms with Crippen molar-refractivity contribution in [1.82, 2.24) is 4.90 Å². The van der Waals surface area contributed by atoms with E-state index in [-0.39, 0.29) is 11.5 Å². The van der Waals surface area contributed by atoms with Crippen LogP contribution in [0.5, 0.6) is 28.7 Å². The molecule has 0 bridgehead atoms. The number of likely N-dealkylation sites (tertiary alicyclic amines) is 1. The van der Waals surface area contributed by atoms with Crippen LogP contribution in [0.3, 0.4) is 0 Å². The number of amides is 1. The fourth-order valence-electron chi connectivity index (χ4n) is 4.87. The van der Waals surface area contributed by atoms with E-state index in [9.17, 15) is 4.79 Å². The number of benzene rings is 2. The summed E-state index contributed by atoms with van der Waals surface area (Å²) in [6.45, 7) is 2.66. The summed E-state index contributed by atoms with van der Waals surface area (Å²) >= 11 is 0. The standard InChI is InChI=1S/C26H34N2O6/c1-30-22-20(25(29)28-14-11-26(12-15-28)10-4-16-33-26)17-21(23(31-2)24(22)32-3)34-19-7-5-18(6-8-19)9-13-27/h5-8,17H,4,9-16,27H2,1-3H3. The topological polar surface area (TPSA) is 92.5 Å². The Morgan fingerprint density at radius 3 is 2.24 bits per heavy atom. The molecule has 2 fully saturated rings. The van der Waals surface area contributed by atoms with Crippen molar-refractivity contribution in [3.63, 3.8) is 0 Å². The molecule has 2 aliphatic heterocycles. The van der Waals surface area contributed by atoms with Crippen LogP contribution in [0.25, 0.3) is 0 Å². The number of hydrogen-bond acceptors (Lipinski definition) is 7. The van der Waals surface area contributed by atoms with Gasteiger partial charge in [-0.25, -0.2) is 0 Å². The first-order valence-corrected chi connectivity index (χ1v) is 11.8. The Morgan fingerprint density at radius 2 is 1.68 bits per heavy atom. The average molecular weight is 471 g/mol. The molecule has 0 saturated carbocycles. The maximum Gasteiger partial charge on any atom is 0.257 e. The van der Waals surface area contributed by atoms with Gasteiger partial charge in [0.25, 0.3) is 5.91 Å². The van der Waals surface area contributed by atoms with Crippen molar-refractivity contribution in [3.05, 3.63) is 41.5 Å². The van der Waals surface area contributed by atoms with Crippen molar-refractivity contribution in [2.75, 3.05) is 47.6 Å². The minimum atomic E-state index is -0.131. The third kappa shape index (κ3) is 4.79. The molecule has 0 aromatic heterocycles. The number of ether oxygens (including phenoxy) is 5. The maximum absolute atomic E-state index is 13.6. The molecule has 0 radical (unpaired) electrons. The van der Waals surface area contributed by atoms with Crippen molar-refractivity contribution in [2.24, 2.45) is 5.73 Å². The normalized spacial score (nSPS) is 17.0. The highest BCUT2D eigenvalue weighted by molar-refractivity contribution is 5.99. The highest BCUT2D eigenvalue weighted by Gasteiger charge is 2.40. The second-order valence-corrected chi connectivity index (χ2v) is 8.73. The van der Waals surface area contributed by atoms with Crippen molar-refractivity contribution in [1.29, 1.82) is 0 Å². The molecule has 1 amide bonds. The summed E-state index contributed by atoms with van der Waals surface area (Å²) in [5.41, 5.74) is 7.07. The molecule has 2 aromatic rings. The smallest absolute Gasteiger partial charge is 0.257 e. The third-order valence-corrected chi connectivity index (χ3v) is 6.73. The minimum absolute atomic E-state index is 0.0667. The number of nitrogens with zero attached hydrogens (tertiary/aromatic N) is 1. The quantitative estimate of drug-likeness (QED) is 0.627. The highest BCUT2D eigenvalue weighted by Crippen LogP contribution is 2.48. The van der Waals surface area contributed by atoms with E-state index in [0.29, 0.717) is 53.9 Å². The predicted octanol–water partition coefficient (Wildman–Crippen LogP) is 3.79. The van der Waals surface area contributed by atoms with E-state index >= 15 is 0 Å². The van der Waals surface area contributed by atoms with Gasteiger partial charge in [-0.3, -0.25) is 4.79 Å². The fraction of sp³-hybridized carbons (Fsp3) is 0.500. The number of piperidine rings is 1. The van der Waals surface area contributed by atoms with Crippen molar-refractivity contribution in [3.8, 4) is 28.7 Å². The van der Waals surface area contributed by atoms with Crippen LogP contribution >= 0.6 is 0 Å². The summed E-state index contributed by atoms with van der Waals surface area (Å²) in [5, 5.41) is 0. The van der Waals surface area contributed by atoms with Crippen LogP contribution in [0.15, 0.2) is 30.3 Å². The van der Waals surface area contributed by atoms with E-state index in [4.69, 9.17) is 29.4 Å². The zero-order chi connectivity index (χ0) is 24.1. The molecule has 34 heavy (non-hydrogen) atoms. The van der Waals surface area contributed by atoms with Crippen LogP contribution < -0.4 is 24.7 Å². The Hall–Kier alpha value is -2.97. The van der Waals surface area contributed by atoms with Crippen LogP contribution in [0, 0.1) is 0 Å². The van der Waals surface area contributed by atoms with Crippen LogP contribution in [0.4, 0.5) is 0 Å². The van der Waals surface area contributed by atoms with Crippen molar-refractivity contribution < 1.29 is 28.5 Å². The number of rotatable bonds is 8. The zero-order valence-electron chi connectivity index (χ0n) is 20.2. The van der Waals surface area contributed by atoms with Crippen LogP contribution in [-0.4, -0.2) is 64.0 Å². The zero-order valence-corrected chi connectivity index (χ0v) is 20.2. The molecular formula is C26H34N2O6. The van der Waals surface area contributed by atoms with Gasteiger partial charge in [0.15, 0.2) is 11.5 Å². The predicted molar refractivity (Wildman–Crippen MR) is 128 cm³/mol. The monoisotopic (exact) mass is 470 g/mol. The van der Waals surface area contributed by atoms with Gasteiger partial charge < -0.3 is 34.3 Å². The molecule has 0 atom stereocenters. The number of carbonyl (C=O) groups is 1. The lowest BCUT2D eigenvalue weighted by Gasteiger charge is -2.38. The molecule has 2 aromatic carbocycles. The molecule has 2 heterocycles. The first-order valence-electron chi connectivity index (χ1n) is 11.8. The molecule has 2 N–H and O–H groups in total. The summed E-state index contributed by atoms with van der Waals surface area (Å²) in [4.78, 5) is 15.5. The largest absolute Gasteiger partial charge is 0.492 e. The van der Waals surface area contributed by atoms with Gasteiger partial charge in [-0.2, -0.15) is 0 Å². The second kappa shape index (κ2) is 10.5. The van der Waals surface area contributed by atoms with Gasteiger partial charge in [-0.1, -0.05) is 12.1 Å². The molecule has 0 aliphatic carbocycles. The van der Waals surface area contributed by atoms with Crippen molar-refractivity contribution >= 4 is 5.91 Å². The molecule has 184 valence electrons. The molecular weight excluding hydrogens is 436 g/mol. The summed E-state index contributed by atoms with van der Waals surface area (Å²) in [6.07, 6.45) is 4.63. The number of methoxy groups -OCH3 is 3. The van der Waals surface area contributed by atoms with Gasteiger partial charge in [-0.05, 0) is 56.3 Å². The van der Waals surface area contributed by atoms with E-state index in [2.05, 4.69) is 0 Å². The SMILES string of the molecule is COc1c(Oc2ccc(CCN)cc2)cc(C(=O)N2CCC3(CCCO3)CC2)c(OC)c1OC. The summed E-state index contributed by atoms with van der Waals surface area (Å²) in [5.74, 6) is 1.86. The summed E-state index contributed by atoms with van der Waals surface area (Å²) in [6, 6.07) is 9.35. The van der Waals surface area contributed by atoms with Gasteiger partial charge in [-0.15, -0.1) is 0 Å². The van der Waals surface area contributed by atoms with Crippen molar-refractivity contribution in [2.45, 2.75) is 37.7 Å². The molecule has 8 heteroatoms. The van der Waals surface area contributed by atoms with E-state index in [1.165, 1.54) is 21.3 Å². The van der Waals surface area contributed by atoms with Gasteiger partial charge in [0.1, 0.15) is 5.75 Å². The Balaban J connectivity index is 1.64. The van der Waals surface area contributed by atoms with E-state index in [1.807, 2.05) is 29.2 Å². The first kappa shape index (κ1) is 24.2. The van der Waals surface area contributed by atoms with Crippen LogP contribution in [0.1, 0.15) is 41.6 Å². The van der Waals surface area contributed by atoms with E-state index in [0.717, 1.165) is 44.3 Å². The van der Waals surface area contributed by atoms with Gasteiger partial charge in [0.05, 0.1) is 32.5 Å². The maximum atomic E-state index is 13.6. The fourth-order valence-corrected chi connectivity index (χ4v) is 4.87. The number of hydrogen-bond donors (Lipinski definition) is 1. The van der Waals surface area contributed by atoms with E-state index in [1.54, 1.807) is 6.07 Å². The molecule has 2 aliphatic rings. The summed E-state index contributed by atoms with van der Waals surface area (Å²) in [7, 11) is 4.56. The Morgan fingerprint density at radius 1 is 1.00 bits per heavy atom. The molecule has 1 spiro atoms. The Labute approximate surface area is 200 Å². The minimum Gasteiger partial charge on any atom is -0.492 e. The lowest BCUT2D eigenvalue weighted by molar-refractivity contribution is -0.0387. The first-order chi connectivity index (χ1) is 16.5. The van der Waals surface area contributed by atoms with Gasteiger partial charge in [0, 0.05) is 25.8 Å². The lowest BCUT2D eigenvalue weighted by Crippen LogP contribution is -2.46. The summed E-state index contributed by atoms with van der Waals surface area (Å²) < 4.78 is 29.0. The number of carbonyl (C=O) groups excluding carboxylic acids is 1. The average Bonchev–Trinajstić information content (AvgIpc) is 3.32. The van der Waals surface area contributed by atoms with Crippen LogP contribution in [0.2, 0.25) is 0 Å². The third-order valence-electron chi connectivity index (χ3n) is 6.73. The van der Waals surface area contributed by atoms with Gasteiger partial charge in [0.2, 0.25) is 11.5 Å². The Kier molecular flexibility index (Phi) is 7.48. The molecule has 0 unspecified atom stereocenters. The Bertz CT molecular complexity index is 991.